The first-order valence-corrected chi connectivity index (χ1v) is 9.61. The Balaban J connectivity index is 1.94. The van der Waals surface area contributed by atoms with Crippen molar-refractivity contribution in [3.8, 4) is 5.75 Å². The summed E-state index contributed by atoms with van der Waals surface area (Å²) in [5, 5.41) is 22.9. The van der Waals surface area contributed by atoms with Crippen LogP contribution in [0.5, 0.6) is 5.75 Å². The van der Waals surface area contributed by atoms with Gasteiger partial charge in [-0.2, -0.15) is 13.2 Å². The van der Waals surface area contributed by atoms with Gasteiger partial charge in [-0.25, -0.2) is 17.6 Å². The highest BCUT2D eigenvalue weighted by Crippen LogP contribution is 2.37. The van der Waals surface area contributed by atoms with Crippen LogP contribution >= 0.6 is 0 Å². The van der Waals surface area contributed by atoms with E-state index in [2.05, 4.69) is 5.32 Å². The number of alkyl halides is 3. The number of carbonyl (C=O) groups is 1. The summed E-state index contributed by atoms with van der Waals surface area (Å²) in [6.45, 7) is 0.369. The molecular formula is C23H16F7NO3. The van der Waals surface area contributed by atoms with Crippen molar-refractivity contribution >= 4 is 11.5 Å². The minimum absolute atomic E-state index is 0.0709. The predicted octanol–water partition coefficient (Wildman–Crippen LogP) is 5.80. The fourth-order valence-corrected chi connectivity index (χ4v) is 3.28. The molecule has 0 saturated heterocycles. The summed E-state index contributed by atoms with van der Waals surface area (Å²) >= 11 is 0. The van der Waals surface area contributed by atoms with Gasteiger partial charge in [-0.3, -0.25) is 4.79 Å². The van der Waals surface area contributed by atoms with Crippen molar-refractivity contribution in [2.75, 3.05) is 5.32 Å². The van der Waals surface area contributed by atoms with E-state index >= 15 is 0 Å². The van der Waals surface area contributed by atoms with E-state index in [0.717, 1.165) is 6.07 Å². The third-order valence-corrected chi connectivity index (χ3v) is 5.04. The summed E-state index contributed by atoms with van der Waals surface area (Å²) in [6, 6.07) is 9.96. The standard InChI is InChI=1S/C23H16F7NO3/c1-10-7-12(8-13(20(10)32)22(34)21(33)11-5-3-2-4-6-11)31-9-14-16(24)18(26)15(23(28,29)30)19(27)17(14)25/h2-8,21,31-33H,9H2,1H3. The van der Waals surface area contributed by atoms with Gasteiger partial charge in [-0.1, -0.05) is 30.3 Å². The van der Waals surface area contributed by atoms with Gasteiger partial charge in [-0.15, -0.1) is 0 Å². The van der Waals surface area contributed by atoms with Crippen LogP contribution in [0, 0.1) is 30.2 Å². The number of anilines is 1. The number of aliphatic hydroxyl groups excluding tert-OH is 1. The molecule has 3 aromatic carbocycles. The average molecular weight is 487 g/mol. The summed E-state index contributed by atoms with van der Waals surface area (Å²) in [5.41, 5.74) is -4.15. The molecule has 0 aliphatic heterocycles. The van der Waals surface area contributed by atoms with E-state index in [4.69, 9.17) is 0 Å². The lowest BCUT2D eigenvalue weighted by atomic mass is 9.97. The van der Waals surface area contributed by atoms with Gasteiger partial charge in [0.2, 0.25) is 0 Å². The van der Waals surface area contributed by atoms with Gasteiger partial charge in [0.25, 0.3) is 0 Å². The smallest absolute Gasteiger partial charge is 0.422 e. The number of benzene rings is 3. The van der Waals surface area contributed by atoms with Gasteiger partial charge in [-0.05, 0) is 30.2 Å². The van der Waals surface area contributed by atoms with Crippen molar-refractivity contribution in [3.63, 3.8) is 0 Å². The normalized spacial score (nSPS) is 12.5. The van der Waals surface area contributed by atoms with Crippen LogP contribution in [-0.4, -0.2) is 16.0 Å². The number of hydrogen-bond acceptors (Lipinski definition) is 4. The Morgan fingerprint density at radius 1 is 0.971 bits per heavy atom. The Kier molecular flexibility index (Phi) is 6.87. The number of aliphatic hydroxyl groups is 1. The monoisotopic (exact) mass is 487 g/mol. The van der Waals surface area contributed by atoms with Crippen LogP contribution in [0.4, 0.5) is 36.4 Å². The molecule has 0 bridgehead atoms. The average Bonchev–Trinajstić information content (AvgIpc) is 2.78. The largest absolute Gasteiger partial charge is 0.507 e. The van der Waals surface area contributed by atoms with Crippen molar-refractivity contribution < 1.29 is 45.7 Å². The molecule has 0 amide bonds. The number of phenols is 1. The number of Topliss-reactive ketones (excluding diaryl/α,β-unsaturated/α-hetero) is 1. The molecular weight excluding hydrogens is 471 g/mol. The Bertz CT molecular complexity index is 1210. The van der Waals surface area contributed by atoms with Crippen LogP contribution in [0.15, 0.2) is 42.5 Å². The zero-order valence-electron chi connectivity index (χ0n) is 17.3. The van der Waals surface area contributed by atoms with Gasteiger partial charge in [0, 0.05) is 17.8 Å². The second-order valence-corrected chi connectivity index (χ2v) is 7.33. The van der Waals surface area contributed by atoms with E-state index in [9.17, 15) is 45.7 Å². The van der Waals surface area contributed by atoms with E-state index in [-0.39, 0.29) is 22.4 Å². The molecule has 3 N–H and O–H groups in total. The number of nitrogens with one attached hydrogen (secondary N) is 1. The minimum Gasteiger partial charge on any atom is -0.507 e. The fourth-order valence-electron chi connectivity index (χ4n) is 3.28. The Morgan fingerprint density at radius 2 is 1.53 bits per heavy atom. The first-order valence-electron chi connectivity index (χ1n) is 9.61. The van der Waals surface area contributed by atoms with Crippen molar-refractivity contribution in [1.82, 2.24) is 0 Å². The van der Waals surface area contributed by atoms with Gasteiger partial charge < -0.3 is 15.5 Å². The van der Waals surface area contributed by atoms with Crippen molar-refractivity contribution in [2.45, 2.75) is 25.7 Å². The number of halogens is 7. The molecule has 1 unspecified atom stereocenters. The van der Waals surface area contributed by atoms with Gasteiger partial charge in [0.15, 0.2) is 29.1 Å². The molecule has 34 heavy (non-hydrogen) atoms. The molecule has 3 aromatic rings. The number of phenolic OH excluding ortho intramolecular Hbond substituents is 1. The highest BCUT2D eigenvalue weighted by Gasteiger charge is 2.42. The lowest BCUT2D eigenvalue weighted by Crippen LogP contribution is -2.18. The summed E-state index contributed by atoms with van der Waals surface area (Å²) in [7, 11) is 0. The zero-order valence-corrected chi connectivity index (χ0v) is 17.3. The number of aryl methyl sites for hydroxylation is 1. The number of hydrogen-bond donors (Lipinski definition) is 3. The minimum atomic E-state index is -5.66. The number of aromatic hydroxyl groups is 1. The number of carbonyl (C=O) groups excluding carboxylic acids is 1. The maximum Gasteiger partial charge on any atom is 0.422 e. The quantitative estimate of drug-likeness (QED) is 0.178. The first-order chi connectivity index (χ1) is 15.8. The van der Waals surface area contributed by atoms with Crippen LogP contribution in [-0.2, 0) is 12.7 Å². The molecule has 1 atom stereocenters. The first kappa shape index (κ1) is 25.0. The number of rotatable bonds is 6. The maximum absolute atomic E-state index is 14.1. The molecule has 180 valence electrons. The molecule has 0 aromatic heterocycles. The molecule has 0 aliphatic rings. The summed E-state index contributed by atoms with van der Waals surface area (Å²) in [4.78, 5) is 12.7. The van der Waals surface area contributed by atoms with Crippen LogP contribution < -0.4 is 5.32 Å². The summed E-state index contributed by atoms with van der Waals surface area (Å²) in [5.74, 6) is -11.1. The molecule has 0 aliphatic carbocycles. The lowest BCUT2D eigenvalue weighted by Gasteiger charge is -2.17. The molecule has 4 nitrogen and oxygen atoms in total. The van der Waals surface area contributed by atoms with E-state index in [1.165, 1.54) is 25.1 Å². The Morgan fingerprint density at radius 3 is 2.06 bits per heavy atom. The van der Waals surface area contributed by atoms with E-state index in [1.807, 2.05) is 0 Å². The van der Waals surface area contributed by atoms with Gasteiger partial charge in [0.1, 0.15) is 17.4 Å². The van der Waals surface area contributed by atoms with Crippen LogP contribution in [0.25, 0.3) is 0 Å². The Hall–Kier alpha value is -3.60. The SMILES string of the molecule is Cc1cc(NCc2c(F)c(F)c(C(F)(F)F)c(F)c2F)cc(C(=O)C(O)c2ccccc2)c1O. The van der Waals surface area contributed by atoms with Crippen molar-refractivity contribution in [2.24, 2.45) is 0 Å². The van der Waals surface area contributed by atoms with E-state index < -0.39 is 64.8 Å². The lowest BCUT2D eigenvalue weighted by molar-refractivity contribution is -0.143. The highest BCUT2D eigenvalue weighted by atomic mass is 19.4. The van der Waals surface area contributed by atoms with Gasteiger partial charge in [0.05, 0.1) is 5.56 Å². The molecule has 0 saturated carbocycles. The highest BCUT2D eigenvalue weighted by molar-refractivity contribution is 6.03. The van der Waals surface area contributed by atoms with E-state index in [0.29, 0.717) is 0 Å². The zero-order chi connectivity index (χ0) is 25.4. The maximum atomic E-state index is 14.1. The second kappa shape index (κ2) is 9.34. The topological polar surface area (TPSA) is 69.6 Å². The molecule has 0 fully saturated rings. The van der Waals surface area contributed by atoms with Crippen LogP contribution in [0.3, 0.4) is 0 Å². The Labute approximate surface area is 188 Å². The van der Waals surface area contributed by atoms with Crippen molar-refractivity contribution in [1.29, 1.82) is 0 Å². The third kappa shape index (κ3) is 4.69. The fraction of sp³-hybridized carbons (Fsp3) is 0.174. The molecule has 3 rings (SSSR count). The molecule has 11 heteroatoms. The summed E-state index contributed by atoms with van der Waals surface area (Å²) < 4.78 is 94.1. The van der Waals surface area contributed by atoms with Crippen molar-refractivity contribution in [3.05, 3.63) is 93.6 Å². The third-order valence-electron chi connectivity index (χ3n) is 5.04. The van der Waals surface area contributed by atoms with Crippen LogP contribution in [0.1, 0.15) is 38.7 Å². The molecule has 0 heterocycles. The second-order valence-electron chi connectivity index (χ2n) is 7.33. The molecule has 0 radical (unpaired) electrons. The molecule has 0 spiro atoms. The van der Waals surface area contributed by atoms with Crippen LogP contribution in [0.2, 0.25) is 0 Å². The summed E-state index contributed by atoms with van der Waals surface area (Å²) in [6.07, 6.45) is -7.32. The van der Waals surface area contributed by atoms with E-state index in [1.54, 1.807) is 18.2 Å². The van der Waals surface area contributed by atoms with Gasteiger partial charge >= 0.3 is 6.18 Å². The number of ketones is 1. The predicted molar refractivity (Wildman–Crippen MR) is 107 cm³/mol.